The van der Waals surface area contributed by atoms with E-state index in [0.717, 1.165) is 12.8 Å². The Morgan fingerprint density at radius 1 is 1.60 bits per heavy atom. The van der Waals surface area contributed by atoms with Crippen LogP contribution in [0.3, 0.4) is 0 Å². The van der Waals surface area contributed by atoms with Crippen LogP contribution >= 0.6 is 0 Å². The average Bonchev–Trinajstić information content (AvgIpc) is 2.41. The zero-order chi connectivity index (χ0) is 7.23. The summed E-state index contributed by atoms with van der Waals surface area (Å²) in [7, 11) is 0. The van der Waals surface area contributed by atoms with E-state index in [2.05, 4.69) is 24.8 Å². The van der Waals surface area contributed by atoms with Crippen molar-refractivity contribution in [3.63, 3.8) is 0 Å². The smallest absolute Gasteiger partial charge is 0.0160 e. The van der Waals surface area contributed by atoms with E-state index < -0.39 is 0 Å². The Morgan fingerprint density at radius 2 is 2.50 bits per heavy atom. The third-order valence-electron chi connectivity index (χ3n) is 1.72. The number of hydrogen-bond donors (Lipinski definition) is 0. The molecule has 54 valence electrons. The summed E-state index contributed by atoms with van der Waals surface area (Å²) in [4.78, 5) is 0. The molecule has 0 N–H and O–H groups in total. The van der Waals surface area contributed by atoms with E-state index in [1.165, 1.54) is 18.4 Å². The predicted molar refractivity (Wildman–Crippen MR) is 45.9 cm³/mol. The lowest BCUT2D eigenvalue weighted by Gasteiger charge is -1.94. The molecule has 0 spiro atoms. The highest BCUT2D eigenvalue weighted by Crippen LogP contribution is 2.15. The first-order valence-corrected chi connectivity index (χ1v) is 3.90. The molecule has 1 aliphatic carbocycles. The van der Waals surface area contributed by atoms with Gasteiger partial charge in [-0.3, -0.25) is 0 Å². The number of rotatable bonds is 4. The van der Waals surface area contributed by atoms with Crippen LogP contribution in [0.4, 0.5) is 0 Å². The van der Waals surface area contributed by atoms with Crippen LogP contribution in [0, 0.1) is 0 Å². The molecule has 0 heterocycles. The van der Waals surface area contributed by atoms with E-state index in [1.54, 1.807) is 0 Å². The summed E-state index contributed by atoms with van der Waals surface area (Å²) in [5.74, 6) is 0. The van der Waals surface area contributed by atoms with E-state index in [-0.39, 0.29) is 0 Å². The highest BCUT2D eigenvalue weighted by Gasteiger charge is 1.95. The summed E-state index contributed by atoms with van der Waals surface area (Å²) in [6.45, 7) is 3.69. The van der Waals surface area contributed by atoms with Crippen LogP contribution in [0.1, 0.15) is 25.7 Å². The van der Waals surface area contributed by atoms with Crippen LogP contribution in [0.2, 0.25) is 0 Å². The summed E-state index contributed by atoms with van der Waals surface area (Å²) < 4.78 is 0. The van der Waals surface area contributed by atoms with Gasteiger partial charge in [-0.05, 0) is 25.7 Å². The molecule has 0 heteroatoms. The maximum atomic E-state index is 3.69. The van der Waals surface area contributed by atoms with Crippen LogP contribution in [0.5, 0.6) is 0 Å². The number of unbranched alkanes of at least 4 members (excludes halogenated alkanes) is 1. The average molecular weight is 134 g/mol. The zero-order valence-corrected chi connectivity index (χ0v) is 6.34. The molecule has 1 rings (SSSR count). The number of hydrogen-bond acceptors (Lipinski definition) is 0. The minimum Gasteiger partial charge on any atom is -0.103 e. The molecule has 0 aliphatic heterocycles. The van der Waals surface area contributed by atoms with Crippen LogP contribution in [-0.2, 0) is 0 Å². The molecule has 0 aromatic heterocycles. The van der Waals surface area contributed by atoms with E-state index in [1.807, 2.05) is 6.08 Å². The van der Waals surface area contributed by atoms with E-state index in [0.29, 0.717) is 0 Å². The fraction of sp³-hybridized carbons (Fsp3) is 0.400. The van der Waals surface area contributed by atoms with Crippen molar-refractivity contribution in [2.75, 3.05) is 0 Å². The van der Waals surface area contributed by atoms with E-state index >= 15 is 0 Å². The van der Waals surface area contributed by atoms with Gasteiger partial charge in [0.1, 0.15) is 0 Å². The van der Waals surface area contributed by atoms with Gasteiger partial charge in [0.05, 0.1) is 0 Å². The zero-order valence-electron chi connectivity index (χ0n) is 6.34. The Labute approximate surface area is 62.9 Å². The molecule has 0 bridgehead atoms. The second kappa shape index (κ2) is 4.10. The van der Waals surface area contributed by atoms with Crippen LogP contribution in [-0.4, -0.2) is 0 Å². The Balaban J connectivity index is 2.13. The maximum absolute atomic E-state index is 3.69. The first kappa shape index (κ1) is 7.33. The molecule has 10 heavy (non-hydrogen) atoms. The second-order valence-electron chi connectivity index (χ2n) is 2.60. The maximum Gasteiger partial charge on any atom is -0.0160 e. The van der Waals surface area contributed by atoms with Crippen molar-refractivity contribution in [2.24, 2.45) is 0 Å². The monoisotopic (exact) mass is 134 g/mol. The van der Waals surface area contributed by atoms with Gasteiger partial charge in [0, 0.05) is 0 Å². The lowest BCUT2D eigenvalue weighted by molar-refractivity contribution is 0.848. The van der Waals surface area contributed by atoms with Gasteiger partial charge >= 0.3 is 0 Å². The molecule has 0 saturated heterocycles. The Hall–Kier alpha value is -0.780. The summed E-state index contributed by atoms with van der Waals surface area (Å²) in [6, 6.07) is 0. The molecule has 0 unspecified atom stereocenters. The molecular weight excluding hydrogens is 120 g/mol. The van der Waals surface area contributed by atoms with Gasteiger partial charge in [-0.15, -0.1) is 6.58 Å². The SMILES string of the molecule is C=CCCCC1=CCC=C1. The molecule has 0 radical (unpaired) electrons. The lowest BCUT2D eigenvalue weighted by Crippen LogP contribution is -1.75. The van der Waals surface area contributed by atoms with Crippen LogP contribution < -0.4 is 0 Å². The molecule has 0 aromatic rings. The van der Waals surface area contributed by atoms with Crippen LogP contribution in [0.15, 0.2) is 36.5 Å². The molecule has 0 saturated carbocycles. The molecular formula is C10H14. The van der Waals surface area contributed by atoms with Crippen molar-refractivity contribution in [3.05, 3.63) is 36.5 Å². The van der Waals surface area contributed by atoms with Crippen molar-refractivity contribution in [1.29, 1.82) is 0 Å². The molecule has 0 nitrogen and oxygen atoms in total. The highest BCUT2D eigenvalue weighted by molar-refractivity contribution is 5.25. The molecule has 0 amide bonds. The van der Waals surface area contributed by atoms with Gasteiger partial charge in [0.25, 0.3) is 0 Å². The third-order valence-corrected chi connectivity index (χ3v) is 1.72. The summed E-state index contributed by atoms with van der Waals surface area (Å²) in [6.07, 6.45) is 13.5. The first-order chi connectivity index (χ1) is 4.93. The van der Waals surface area contributed by atoms with Gasteiger partial charge in [-0.2, -0.15) is 0 Å². The lowest BCUT2D eigenvalue weighted by atomic mass is 10.1. The summed E-state index contributed by atoms with van der Waals surface area (Å²) >= 11 is 0. The van der Waals surface area contributed by atoms with Gasteiger partial charge in [-0.25, -0.2) is 0 Å². The van der Waals surface area contributed by atoms with Gasteiger partial charge in [-0.1, -0.05) is 29.9 Å². The van der Waals surface area contributed by atoms with E-state index in [4.69, 9.17) is 0 Å². The van der Waals surface area contributed by atoms with Crippen molar-refractivity contribution < 1.29 is 0 Å². The van der Waals surface area contributed by atoms with Gasteiger partial charge in [0.15, 0.2) is 0 Å². The summed E-state index contributed by atoms with van der Waals surface area (Å²) in [5.41, 5.74) is 1.50. The molecule has 0 fully saturated rings. The second-order valence-corrected chi connectivity index (χ2v) is 2.60. The quantitative estimate of drug-likeness (QED) is 0.409. The Morgan fingerprint density at radius 3 is 3.10 bits per heavy atom. The predicted octanol–water partition coefficient (Wildman–Crippen LogP) is 3.23. The normalized spacial score (nSPS) is 15.4. The summed E-state index contributed by atoms with van der Waals surface area (Å²) in [5, 5.41) is 0. The molecule has 1 aliphatic rings. The Bertz CT molecular complexity index is 161. The van der Waals surface area contributed by atoms with Crippen molar-refractivity contribution in [1.82, 2.24) is 0 Å². The largest absolute Gasteiger partial charge is 0.103 e. The first-order valence-electron chi connectivity index (χ1n) is 3.90. The van der Waals surface area contributed by atoms with Crippen molar-refractivity contribution in [3.8, 4) is 0 Å². The fourth-order valence-corrected chi connectivity index (χ4v) is 1.14. The highest BCUT2D eigenvalue weighted by atomic mass is 14.0. The van der Waals surface area contributed by atoms with Gasteiger partial charge in [0.2, 0.25) is 0 Å². The third kappa shape index (κ3) is 2.22. The number of allylic oxidation sites excluding steroid dienone is 5. The molecule has 0 aromatic carbocycles. The molecule has 0 atom stereocenters. The van der Waals surface area contributed by atoms with E-state index in [9.17, 15) is 0 Å². The standard InChI is InChI=1S/C10H14/c1-2-3-4-7-10-8-5-6-9-10/h2,5,8-9H,1,3-4,6-7H2. The Kier molecular flexibility index (Phi) is 3.01. The van der Waals surface area contributed by atoms with Crippen molar-refractivity contribution >= 4 is 0 Å². The van der Waals surface area contributed by atoms with Crippen LogP contribution in [0.25, 0.3) is 0 Å². The van der Waals surface area contributed by atoms with Crippen molar-refractivity contribution in [2.45, 2.75) is 25.7 Å². The van der Waals surface area contributed by atoms with Gasteiger partial charge < -0.3 is 0 Å². The minimum atomic E-state index is 1.14. The fourth-order valence-electron chi connectivity index (χ4n) is 1.14. The minimum absolute atomic E-state index is 1.14. The topological polar surface area (TPSA) is 0 Å².